The van der Waals surface area contributed by atoms with Gasteiger partial charge in [0.1, 0.15) is 11.6 Å². The Labute approximate surface area is 217 Å². The molecular weight excluding hydrogens is 462 g/mol. The second-order valence-electron chi connectivity index (χ2n) is 10.4. The van der Waals surface area contributed by atoms with Gasteiger partial charge in [-0.25, -0.2) is 4.98 Å². The zero-order valence-electron chi connectivity index (χ0n) is 21.7. The van der Waals surface area contributed by atoms with Gasteiger partial charge in [0.25, 0.3) is 0 Å². The van der Waals surface area contributed by atoms with Crippen LogP contribution in [0, 0.1) is 18.3 Å². The van der Waals surface area contributed by atoms with Gasteiger partial charge in [0.2, 0.25) is 0 Å². The number of fused-ring (bicyclic) bond motifs is 3. The number of rotatable bonds is 5. The molecule has 1 unspecified atom stereocenters. The van der Waals surface area contributed by atoms with Crippen molar-refractivity contribution in [3.63, 3.8) is 0 Å². The summed E-state index contributed by atoms with van der Waals surface area (Å²) in [6.45, 7) is 9.47. The third-order valence-corrected chi connectivity index (χ3v) is 6.65. The molecule has 1 aliphatic heterocycles. The molecule has 0 saturated heterocycles. The van der Waals surface area contributed by atoms with E-state index in [2.05, 4.69) is 60.1 Å². The van der Waals surface area contributed by atoms with E-state index in [9.17, 15) is 5.26 Å². The number of nitrogens with zero attached hydrogens (tertiary/aromatic N) is 4. The van der Waals surface area contributed by atoms with Gasteiger partial charge in [-0.3, -0.25) is 0 Å². The fraction of sp³-hybridized carbons (Fsp3) is 0.300. The van der Waals surface area contributed by atoms with Crippen molar-refractivity contribution in [3.8, 4) is 28.3 Å². The molecule has 2 aromatic heterocycles. The number of benzene rings is 2. The third-order valence-electron chi connectivity index (χ3n) is 6.65. The third kappa shape index (κ3) is 5.07. The maximum absolute atomic E-state index is 9.34. The Bertz CT molecular complexity index is 1440. The minimum atomic E-state index is -0.220. The molecule has 2 aromatic carbocycles. The predicted molar refractivity (Wildman–Crippen MR) is 146 cm³/mol. The Morgan fingerprint density at radius 1 is 1.11 bits per heavy atom. The number of hydrogen-bond donors (Lipinski definition) is 1. The van der Waals surface area contributed by atoms with Crippen LogP contribution in [-0.2, 0) is 4.74 Å². The molecule has 7 heteroatoms. The zero-order chi connectivity index (χ0) is 26.2. The van der Waals surface area contributed by atoms with Gasteiger partial charge < -0.3 is 19.9 Å². The molecule has 2 N–H and O–H groups in total. The number of pyridine rings is 1. The van der Waals surface area contributed by atoms with Gasteiger partial charge in [-0.15, -0.1) is 0 Å². The molecule has 0 radical (unpaired) electrons. The zero-order valence-corrected chi connectivity index (χ0v) is 21.7. The highest BCUT2D eigenvalue weighted by Crippen LogP contribution is 2.47. The monoisotopic (exact) mass is 493 g/mol. The first kappa shape index (κ1) is 24.5. The molecule has 0 spiro atoms. The molecule has 3 heterocycles. The summed E-state index contributed by atoms with van der Waals surface area (Å²) in [7, 11) is 0. The summed E-state index contributed by atoms with van der Waals surface area (Å²) in [4.78, 5) is 6.59. The first-order valence-electron chi connectivity index (χ1n) is 12.5. The number of nitrogens with two attached hydrogens (primary N) is 1. The van der Waals surface area contributed by atoms with Crippen molar-refractivity contribution in [1.82, 2.24) is 10.1 Å². The van der Waals surface area contributed by atoms with Crippen LogP contribution in [0.2, 0.25) is 0 Å². The average molecular weight is 494 g/mol. The van der Waals surface area contributed by atoms with Crippen molar-refractivity contribution >= 4 is 17.2 Å². The van der Waals surface area contributed by atoms with E-state index in [1.165, 1.54) is 0 Å². The number of nitriles is 1. The van der Waals surface area contributed by atoms with Crippen LogP contribution >= 0.6 is 0 Å². The Morgan fingerprint density at radius 3 is 2.54 bits per heavy atom. The van der Waals surface area contributed by atoms with Gasteiger partial charge in [0.05, 0.1) is 22.9 Å². The standard InChI is InChI=1S/C30H31N5O2/c1-19-28-25-11-7-21(22-8-12-27(32)33-17-22)15-26(25)35(24-9-5-20(16-31)6-10-24)18-23(29(28)37-34-19)13-14-36-30(2,3)4/h5-12,15,17,23H,13-14,18H2,1-4H3,(H2,32,33). The molecule has 4 aromatic rings. The fourth-order valence-electron chi connectivity index (χ4n) is 4.81. The minimum Gasteiger partial charge on any atom is -0.384 e. The molecule has 1 atom stereocenters. The SMILES string of the molecule is Cc1noc2c1-c1ccc(-c3ccc(N)nc3)cc1N(c1ccc(C#N)cc1)CC2CCOC(C)(C)C. The second kappa shape index (κ2) is 9.72. The van der Waals surface area contributed by atoms with Crippen molar-refractivity contribution in [3.05, 3.63) is 77.8 Å². The summed E-state index contributed by atoms with van der Waals surface area (Å²) < 4.78 is 12.1. The predicted octanol–water partition coefficient (Wildman–Crippen LogP) is 6.61. The van der Waals surface area contributed by atoms with Crippen LogP contribution in [0.3, 0.4) is 0 Å². The maximum Gasteiger partial charge on any atom is 0.149 e. The normalized spacial score (nSPS) is 15.0. The molecule has 0 fully saturated rings. The number of ether oxygens (including phenoxy) is 1. The van der Waals surface area contributed by atoms with Gasteiger partial charge in [0, 0.05) is 53.3 Å². The first-order chi connectivity index (χ1) is 17.7. The molecule has 37 heavy (non-hydrogen) atoms. The summed E-state index contributed by atoms with van der Waals surface area (Å²) >= 11 is 0. The Morgan fingerprint density at radius 2 is 1.86 bits per heavy atom. The molecular formula is C30H31N5O2. The topological polar surface area (TPSA) is 101 Å². The summed E-state index contributed by atoms with van der Waals surface area (Å²) in [5.74, 6) is 1.43. The van der Waals surface area contributed by atoms with Gasteiger partial charge in [-0.1, -0.05) is 17.3 Å². The fourth-order valence-corrected chi connectivity index (χ4v) is 4.81. The summed E-state index contributed by atoms with van der Waals surface area (Å²) in [6, 6.07) is 20.1. The lowest BCUT2D eigenvalue weighted by Crippen LogP contribution is -2.25. The highest BCUT2D eigenvalue weighted by atomic mass is 16.5. The van der Waals surface area contributed by atoms with Crippen LogP contribution in [0.1, 0.15) is 50.1 Å². The number of aromatic nitrogens is 2. The van der Waals surface area contributed by atoms with Crippen LogP contribution in [-0.4, -0.2) is 28.9 Å². The largest absolute Gasteiger partial charge is 0.384 e. The number of nitrogen functional groups attached to an aromatic ring is 1. The number of anilines is 3. The highest BCUT2D eigenvalue weighted by Gasteiger charge is 2.33. The van der Waals surface area contributed by atoms with Crippen molar-refractivity contribution in [2.45, 2.75) is 45.6 Å². The van der Waals surface area contributed by atoms with E-state index in [4.69, 9.17) is 15.0 Å². The van der Waals surface area contributed by atoms with E-state index in [0.29, 0.717) is 24.5 Å². The molecule has 1 aliphatic rings. The summed E-state index contributed by atoms with van der Waals surface area (Å²) in [6.07, 6.45) is 2.58. The van der Waals surface area contributed by atoms with Crippen molar-refractivity contribution in [2.24, 2.45) is 0 Å². The smallest absolute Gasteiger partial charge is 0.149 e. The van der Waals surface area contributed by atoms with E-state index >= 15 is 0 Å². The lowest BCUT2D eigenvalue weighted by Gasteiger charge is -2.29. The lowest BCUT2D eigenvalue weighted by molar-refractivity contribution is -0.00668. The molecule has 0 aliphatic carbocycles. The van der Waals surface area contributed by atoms with Gasteiger partial charge in [0.15, 0.2) is 0 Å². The van der Waals surface area contributed by atoms with E-state index in [-0.39, 0.29) is 11.5 Å². The maximum atomic E-state index is 9.34. The molecule has 5 rings (SSSR count). The van der Waals surface area contributed by atoms with Gasteiger partial charge >= 0.3 is 0 Å². The first-order valence-corrected chi connectivity index (χ1v) is 12.5. The van der Waals surface area contributed by atoms with E-state index < -0.39 is 0 Å². The molecule has 0 bridgehead atoms. The second-order valence-corrected chi connectivity index (χ2v) is 10.4. The van der Waals surface area contributed by atoms with Crippen LogP contribution in [0.5, 0.6) is 0 Å². The van der Waals surface area contributed by atoms with Gasteiger partial charge in [-0.05, 0) is 82.1 Å². The molecule has 7 nitrogen and oxygen atoms in total. The van der Waals surface area contributed by atoms with Crippen LogP contribution in [0.4, 0.5) is 17.2 Å². The quantitative estimate of drug-likeness (QED) is 0.334. The van der Waals surface area contributed by atoms with Crippen molar-refractivity contribution < 1.29 is 9.26 Å². The van der Waals surface area contributed by atoms with E-state index in [1.54, 1.807) is 6.20 Å². The molecule has 188 valence electrons. The van der Waals surface area contributed by atoms with E-state index in [0.717, 1.165) is 51.5 Å². The van der Waals surface area contributed by atoms with E-state index in [1.807, 2.05) is 43.3 Å². The van der Waals surface area contributed by atoms with Crippen molar-refractivity contribution in [1.29, 1.82) is 5.26 Å². The Kier molecular flexibility index (Phi) is 6.45. The Balaban J connectivity index is 1.64. The minimum absolute atomic E-state index is 0.0585. The lowest BCUT2D eigenvalue weighted by atomic mass is 9.94. The molecule has 0 amide bonds. The van der Waals surface area contributed by atoms with Crippen LogP contribution < -0.4 is 10.6 Å². The van der Waals surface area contributed by atoms with Crippen LogP contribution in [0.25, 0.3) is 22.3 Å². The summed E-state index contributed by atoms with van der Waals surface area (Å²) in [5, 5.41) is 13.7. The highest BCUT2D eigenvalue weighted by molar-refractivity contribution is 5.89. The Hall–Kier alpha value is -4.15. The average Bonchev–Trinajstić information content (AvgIpc) is 3.20. The summed E-state index contributed by atoms with van der Waals surface area (Å²) in [5.41, 5.74) is 13.3. The number of aryl methyl sites for hydroxylation is 1. The van der Waals surface area contributed by atoms with Crippen LogP contribution in [0.15, 0.2) is 65.3 Å². The van der Waals surface area contributed by atoms with Gasteiger partial charge in [-0.2, -0.15) is 5.26 Å². The van der Waals surface area contributed by atoms with Crippen molar-refractivity contribution in [2.75, 3.05) is 23.8 Å². The molecule has 0 saturated carbocycles. The number of hydrogen-bond acceptors (Lipinski definition) is 7.